The van der Waals surface area contributed by atoms with Crippen LogP contribution in [0.1, 0.15) is 89.0 Å². The van der Waals surface area contributed by atoms with Gasteiger partial charge in [0.25, 0.3) is 0 Å². The second-order valence-electron chi connectivity index (χ2n) is 10.1. The van der Waals surface area contributed by atoms with Gasteiger partial charge in [-0.05, 0) is 78.9 Å². The van der Waals surface area contributed by atoms with Crippen LogP contribution in [0.4, 0.5) is 8.78 Å². The number of rotatable bonds is 9. The number of halogens is 2. The van der Waals surface area contributed by atoms with Crippen LogP contribution in [0.15, 0.2) is 36.9 Å². The van der Waals surface area contributed by atoms with E-state index in [-0.39, 0.29) is 24.1 Å². The maximum atomic E-state index is 15.5. The summed E-state index contributed by atoms with van der Waals surface area (Å²) in [5.41, 5.74) is 0.775. The smallest absolute Gasteiger partial charge is 0.165 e. The topological polar surface area (TPSA) is 9.23 Å². The molecule has 0 amide bonds. The molecule has 0 aromatic heterocycles. The van der Waals surface area contributed by atoms with E-state index in [2.05, 4.69) is 13.5 Å². The highest BCUT2D eigenvalue weighted by Gasteiger charge is 2.36. The second kappa shape index (κ2) is 10.8. The van der Waals surface area contributed by atoms with E-state index in [4.69, 9.17) is 4.74 Å². The van der Waals surface area contributed by atoms with Crippen LogP contribution in [0.3, 0.4) is 0 Å². The predicted octanol–water partition coefficient (Wildman–Crippen LogP) is 8.95. The Morgan fingerprint density at radius 2 is 1.81 bits per heavy atom. The average molecular weight is 441 g/mol. The maximum Gasteiger partial charge on any atom is 0.165 e. The molecule has 0 bridgehead atoms. The Morgan fingerprint density at radius 1 is 1.00 bits per heavy atom. The zero-order valence-corrected chi connectivity index (χ0v) is 19.6. The van der Waals surface area contributed by atoms with E-state index in [1.807, 2.05) is 12.1 Å². The molecular weight excluding hydrogens is 402 g/mol. The first kappa shape index (κ1) is 23.3. The molecule has 1 nitrogen and oxygen atoms in total. The van der Waals surface area contributed by atoms with Gasteiger partial charge in [-0.1, -0.05) is 70.2 Å². The summed E-state index contributed by atoms with van der Waals surface area (Å²) >= 11 is 0. The first-order valence-electron chi connectivity index (χ1n) is 12.8. The highest BCUT2D eigenvalue weighted by Crippen LogP contribution is 2.49. The first-order valence-corrected chi connectivity index (χ1v) is 12.8. The van der Waals surface area contributed by atoms with Crippen molar-refractivity contribution in [3.8, 4) is 5.75 Å². The fourth-order valence-electron chi connectivity index (χ4n) is 6.27. The van der Waals surface area contributed by atoms with Crippen LogP contribution in [0.2, 0.25) is 0 Å². The van der Waals surface area contributed by atoms with E-state index in [1.54, 1.807) is 12.1 Å². The van der Waals surface area contributed by atoms with Crippen LogP contribution < -0.4 is 4.74 Å². The van der Waals surface area contributed by atoms with Crippen LogP contribution in [0.25, 0.3) is 10.8 Å². The Hall–Kier alpha value is -1.90. The lowest BCUT2D eigenvalue weighted by Gasteiger charge is -2.42. The number of fused-ring (bicyclic) bond motifs is 2. The van der Waals surface area contributed by atoms with E-state index < -0.39 is 5.82 Å². The molecule has 2 aliphatic carbocycles. The van der Waals surface area contributed by atoms with Gasteiger partial charge >= 0.3 is 0 Å². The fourth-order valence-corrected chi connectivity index (χ4v) is 6.27. The Morgan fingerprint density at radius 3 is 2.62 bits per heavy atom. The fraction of sp³-hybridized carbons (Fsp3) is 0.586. The van der Waals surface area contributed by atoms with Gasteiger partial charge in [-0.15, -0.1) is 0 Å². The highest BCUT2D eigenvalue weighted by molar-refractivity contribution is 5.85. The average Bonchev–Trinajstić information content (AvgIpc) is 2.81. The quantitative estimate of drug-likeness (QED) is 0.279. The molecule has 4 unspecified atom stereocenters. The van der Waals surface area contributed by atoms with Crippen molar-refractivity contribution >= 4 is 10.8 Å². The molecule has 2 aliphatic rings. The van der Waals surface area contributed by atoms with Crippen molar-refractivity contribution in [2.75, 3.05) is 6.61 Å². The Kier molecular flexibility index (Phi) is 7.86. The zero-order valence-electron chi connectivity index (χ0n) is 19.6. The third-order valence-corrected chi connectivity index (χ3v) is 8.02. The van der Waals surface area contributed by atoms with Crippen LogP contribution in [-0.4, -0.2) is 6.61 Å². The SMILES string of the molecule is C=CCOc1cc2ccc(C3CCC4CC(CCCCCC)CCC4C3)c(F)c2cc1F. The molecule has 4 rings (SSSR count). The molecule has 2 aromatic rings. The molecule has 2 saturated carbocycles. The van der Waals surface area contributed by atoms with Crippen LogP contribution >= 0.6 is 0 Å². The molecule has 32 heavy (non-hydrogen) atoms. The van der Waals surface area contributed by atoms with Crippen molar-refractivity contribution in [1.82, 2.24) is 0 Å². The van der Waals surface area contributed by atoms with Gasteiger partial charge in [0.15, 0.2) is 11.6 Å². The van der Waals surface area contributed by atoms with Gasteiger partial charge in [0.05, 0.1) is 0 Å². The summed E-state index contributed by atoms with van der Waals surface area (Å²) < 4.78 is 35.3. The lowest BCUT2D eigenvalue weighted by molar-refractivity contribution is 0.112. The molecule has 0 heterocycles. The van der Waals surface area contributed by atoms with Gasteiger partial charge in [-0.2, -0.15) is 0 Å². The lowest BCUT2D eigenvalue weighted by Crippen LogP contribution is -2.30. The molecule has 0 aliphatic heterocycles. The predicted molar refractivity (Wildman–Crippen MR) is 129 cm³/mol. The molecule has 2 fully saturated rings. The largest absolute Gasteiger partial charge is 0.486 e. The Balaban J connectivity index is 1.42. The van der Waals surface area contributed by atoms with Crippen molar-refractivity contribution in [3.05, 3.63) is 54.1 Å². The summed E-state index contributed by atoms with van der Waals surface area (Å²) in [7, 11) is 0. The first-order chi connectivity index (χ1) is 15.6. The standard InChI is InChI=1S/C29H38F2O/c1-3-5-6-7-8-20-9-10-22-17-23(12-11-21(22)16-20)25-14-13-24-18-28(32-15-4-2)27(30)19-26(24)29(25)31/h4,13-14,18-23H,2-3,5-12,15-17H2,1H3. The van der Waals surface area contributed by atoms with Gasteiger partial charge in [-0.25, -0.2) is 8.78 Å². The second-order valence-corrected chi connectivity index (χ2v) is 10.1. The summed E-state index contributed by atoms with van der Waals surface area (Å²) in [6, 6.07) is 6.74. The van der Waals surface area contributed by atoms with E-state index in [9.17, 15) is 4.39 Å². The Bertz CT molecular complexity index is 921. The van der Waals surface area contributed by atoms with Gasteiger partial charge < -0.3 is 4.74 Å². The summed E-state index contributed by atoms with van der Waals surface area (Å²) in [6.07, 6.45) is 15.8. The minimum Gasteiger partial charge on any atom is -0.486 e. The van der Waals surface area contributed by atoms with Gasteiger partial charge in [0.1, 0.15) is 12.4 Å². The zero-order chi connectivity index (χ0) is 22.5. The summed E-state index contributed by atoms with van der Waals surface area (Å²) in [4.78, 5) is 0. The maximum absolute atomic E-state index is 15.5. The molecule has 0 N–H and O–H groups in total. The van der Waals surface area contributed by atoms with Crippen molar-refractivity contribution in [1.29, 1.82) is 0 Å². The molecule has 2 aromatic carbocycles. The minimum absolute atomic E-state index is 0.150. The van der Waals surface area contributed by atoms with Crippen molar-refractivity contribution in [2.45, 2.75) is 83.5 Å². The third kappa shape index (κ3) is 5.18. The number of hydrogen-bond donors (Lipinski definition) is 0. The number of unbranched alkanes of at least 4 members (excludes halogenated alkanes) is 3. The van der Waals surface area contributed by atoms with E-state index in [0.717, 1.165) is 36.2 Å². The molecule has 0 saturated heterocycles. The van der Waals surface area contributed by atoms with Crippen molar-refractivity contribution in [2.24, 2.45) is 17.8 Å². The van der Waals surface area contributed by atoms with Crippen LogP contribution in [-0.2, 0) is 0 Å². The molecule has 4 atom stereocenters. The molecule has 0 radical (unpaired) electrons. The third-order valence-electron chi connectivity index (χ3n) is 8.02. The molecule has 3 heteroatoms. The lowest BCUT2D eigenvalue weighted by atomic mass is 9.63. The normalized spacial score (nSPS) is 25.5. The number of benzene rings is 2. The van der Waals surface area contributed by atoms with Gasteiger partial charge in [0, 0.05) is 5.39 Å². The number of ether oxygens (including phenoxy) is 1. The van der Waals surface area contributed by atoms with Gasteiger partial charge in [-0.3, -0.25) is 0 Å². The summed E-state index contributed by atoms with van der Waals surface area (Å²) in [5.74, 6) is 2.09. The summed E-state index contributed by atoms with van der Waals surface area (Å²) in [5, 5.41) is 1.05. The molecule has 174 valence electrons. The number of hydrogen-bond acceptors (Lipinski definition) is 1. The van der Waals surface area contributed by atoms with Crippen molar-refractivity contribution in [3.63, 3.8) is 0 Å². The van der Waals surface area contributed by atoms with Gasteiger partial charge in [0.2, 0.25) is 0 Å². The van der Waals surface area contributed by atoms with Crippen LogP contribution in [0, 0.1) is 29.4 Å². The molecule has 0 spiro atoms. The minimum atomic E-state index is -0.517. The van der Waals surface area contributed by atoms with E-state index in [1.165, 1.54) is 63.9 Å². The van der Waals surface area contributed by atoms with E-state index >= 15 is 4.39 Å². The van der Waals surface area contributed by atoms with Crippen molar-refractivity contribution < 1.29 is 13.5 Å². The highest BCUT2D eigenvalue weighted by atomic mass is 19.1. The Labute approximate surface area is 192 Å². The van der Waals surface area contributed by atoms with Crippen LogP contribution in [0.5, 0.6) is 5.75 Å². The summed E-state index contributed by atoms with van der Waals surface area (Å²) in [6.45, 7) is 6.09. The monoisotopic (exact) mass is 440 g/mol. The van der Waals surface area contributed by atoms with E-state index in [0.29, 0.717) is 10.8 Å². The molecular formula is C29H38F2O.